The number of carboxylic acids is 1. The molecule has 2 aromatic carbocycles. The number of nitrogens with one attached hydrogen (secondary N) is 2. The number of aliphatic carboxylic acids is 1. The van der Waals surface area contributed by atoms with E-state index in [0.717, 1.165) is 22.3 Å². The number of rotatable bonds is 9. The fourth-order valence-corrected chi connectivity index (χ4v) is 4.62. The zero-order valence-corrected chi connectivity index (χ0v) is 19.9. The molecule has 0 aliphatic heterocycles. The second kappa shape index (κ2) is 10.3. The molecule has 0 radical (unpaired) electrons. The molecule has 1 aliphatic rings. The van der Waals surface area contributed by atoms with Gasteiger partial charge >= 0.3 is 12.1 Å². The second-order valence-corrected chi connectivity index (χ2v) is 9.46. The number of carboxylic acid groups (broad SMARTS) is 1. The average Bonchev–Trinajstić information content (AvgIpc) is 3.12. The van der Waals surface area contributed by atoms with Crippen LogP contribution in [0.3, 0.4) is 0 Å². The van der Waals surface area contributed by atoms with E-state index in [-0.39, 0.29) is 18.4 Å². The van der Waals surface area contributed by atoms with Crippen molar-refractivity contribution in [2.75, 3.05) is 13.2 Å². The Morgan fingerprint density at radius 1 is 0.971 bits per heavy atom. The van der Waals surface area contributed by atoms with Crippen molar-refractivity contribution in [1.29, 1.82) is 0 Å². The molecule has 0 bridgehead atoms. The summed E-state index contributed by atoms with van der Waals surface area (Å²) in [5.74, 6) is -2.17. The van der Waals surface area contributed by atoms with Crippen molar-refractivity contribution in [2.45, 2.75) is 45.7 Å². The molecule has 8 nitrogen and oxygen atoms in total. The fourth-order valence-electron chi connectivity index (χ4n) is 4.62. The second-order valence-electron chi connectivity index (χ2n) is 9.46. The molecule has 0 fully saturated rings. The zero-order valence-electron chi connectivity index (χ0n) is 19.9. The number of aliphatic hydroxyl groups excluding tert-OH is 1. The monoisotopic (exact) mass is 468 g/mol. The number of alkyl carbamates (subject to hydrolysis) is 1. The van der Waals surface area contributed by atoms with Gasteiger partial charge in [0, 0.05) is 12.0 Å². The van der Waals surface area contributed by atoms with E-state index in [1.807, 2.05) is 50.2 Å². The molecule has 0 saturated carbocycles. The minimum absolute atomic E-state index is 0.0900. The Kier molecular flexibility index (Phi) is 7.61. The van der Waals surface area contributed by atoms with Crippen LogP contribution in [0.5, 0.6) is 0 Å². The Labute approximate surface area is 199 Å². The van der Waals surface area contributed by atoms with Gasteiger partial charge in [0.05, 0.1) is 12.0 Å². The summed E-state index contributed by atoms with van der Waals surface area (Å²) >= 11 is 0. The van der Waals surface area contributed by atoms with E-state index in [9.17, 15) is 19.5 Å². The van der Waals surface area contributed by atoms with E-state index in [0.29, 0.717) is 0 Å². The van der Waals surface area contributed by atoms with Gasteiger partial charge in [-0.05, 0) is 42.0 Å². The third-order valence-electron chi connectivity index (χ3n) is 6.43. The number of benzene rings is 2. The first-order valence-electron chi connectivity index (χ1n) is 11.3. The van der Waals surface area contributed by atoms with Crippen molar-refractivity contribution in [2.24, 2.45) is 11.3 Å². The standard InChI is InChI=1S/C26H32N2O6/c1-15(2)22(26(3,4)24(32)27-21(13-29)23(30)31)28-25(33)34-14-20-18-11-7-5-9-16(18)17-10-6-8-12-19(17)20/h5-12,15,20-22,29H,13-14H2,1-4H3,(H,27,32)(H,28,33)(H,30,31). The minimum atomic E-state index is -1.42. The molecule has 8 heteroatoms. The van der Waals surface area contributed by atoms with Crippen LogP contribution in [0.15, 0.2) is 48.5 Å². The van der Waals surface area contributed by atoms with Crippen LogP contribution in [0, 0.1) is 11.3 Å². The van der Waals surface area contributed by atoms with Gasteiger partial charge < -0.3 is 25.6 Å². The molecule has 3 rings (SSSR count). The molecule has 4 N–H and O–H groups in total. The van der Waals surface area contributed by atoms with Crippen molar-refractivity contribution >= 4 is 18.0 Å². The highest BCUT2D eigenvalue weighted by Gasteiger charge is 2.41. The van der Waals surface area contributed by atoms with Crippen LogP contribution in [0.4, 0.5) is 4.79 Å². The number of fused-ring (bicyclic) bond motifs is 3. The van der Waals surface area contributed by atoms with Crippen LogP contribution in [-0.4, -0.2) is 53.5 Å². The largest absolute Gasteiger partial charge is 0.480 e. The average molecular weight is 469 g/mol. The Bertz CT molecular complexity index is 1020. The fraction of sp³-hybridized carbons (Fsp3) is 0.423. The summed E-state index contributed by atoms with van der Waals surface area (Å²) in [4.78, 5) is 36.8. The Morgan fingerprint density at radius 3 is 1.97 bits per heavy atom. The van der Waals surface area contributed by atoms with Crippen LogP contribution in [0.2, 0.25) is 0 Å². The maximum atomic E-state index is 12.8. The predicted octanol–water partition coefficient (Wildman–Crippen LogP) is 3.14. The summed E-state index contributed by atoms with van der Waals surface area (Å²) < 4.78 is 5.62. The van der Waals surface area contributed by atoms with Gasteiger partial charge in [-0.1, -0.05) is 62.4 Å². The van der Waals surface area contributed by atoms with Gasteiger partial charge in [-0.2, -0.15) is 0 Å². The smallest absolute Gasteiger partial charge is 0.407 e. The molecule has 0 aromatic heterocycles. The maximum absolute atomic E-state index is 12.8. The topological polar surface area (TPSA) is 125 Å². The Hall–Kier alpha value is -3.39. The number of amides is 2. The first kappa shape index (κ1) is 25.2. The number of hydrogen-bond acceptors (Lipinski definition) is 5. The van der Waals surface area contributed by atoms with E-state index >= 15 is 0 Å². The summed E-state index contributed by atoms with van der Waals surface area (Å²) in [5, 5.41) is 23.5. The highest BCUT2D eigenvalue weighted by atomic mass is 16.5. The molecule has 2 amide bonds. The lowest BCUT2D eigenvalue weighted by Crippen LogP contribution is -2.57. The third-order valence-corrected chi connectivity index (χ3v) is 6.43. The first-order valence-corrected chi connectivity index (χ1v) is 11.3. The Balaban J connectivity index is 1.70. The first-order chi connectivity index (χ1) is 16.1. The highest BCUT2D eigenvalue weighted by molar-refractivity contribution is 5.88. The number of hydrogen-bond donors (Lipinski definition) is 4. The van der Waals surface area contributed by atoms with Gasteiger partial charge in [-0.3, -0.25) is 4.79 Å². The van der Waals surface area contributed by atoms with Gasteiger partial charge in [0.25, 0.3) is 0 Å². The van der Waals surface area contributed by atoms with Crippen molar-refractivity contribution in [3.05, 3.63) is 59.7 Å². The minimum Gasteiger partial charge on any atom is -0.480 e. The lowest BCUT2D eigenvalue weighted by Gasteiger charge is -2.36. The van der Waals surface area contributed by atoms with Crippen LogP contribution in [0.25, 0.3) is 11.1 Å². The lowest BCUT2D eigenvalue weighted by atomic mass is 9.77. The van der Waals surface area contributed by atoms with E-state index in [2.05, 4.69) is 22.8 Å². The molecule has 2 atom stereocenters. The summed E-state index contributed by atoms with van der Waals surface area (Å²) in [7, 11) is 0. The summed E-state index contributed by atoms with van der Waals surface area (Å²) in [6.45, 7) is 6.35. The maximum Gasteiger partial charge on any atom is 0.407 e. The molecule has 1 aliphatic carbocycles. The van der Waals surface area contributed by atoms with Gasteiger partial charge in [-0.25, -0.2) is 9.59 Å². The summed E-state index contributed by atoms with van der Waals surface area (Å²) in [6, 6.07) is 14.0. The molecule has 0 saturated heterocycles. The van der Waals surface area contributed by atoms with E-state index < -0.39 is 42.1 Å². The number of aliphatic hydroxyl groups is 1. The third kappa shape index (κ3) is 5.07. The molecule has 0 heterocycles. The van der Waals surface area contributed by atoms with Crippen molar-refractivity contribution in [1.82, 2.24) is 10.6 Å². The number of ether oxygens (including phenoxy) is 1. The van der Waals surface area contributed by atoms with E-state index in [1.54, 1.807) is 13.8 Å². The van der Waals surface area contributed by atoms with Crippen molar-refractivity contribution in [3.8, 4) is 11.1 Å². The molecule has 2 unspecified atom stereocenters. The summed E-state index contributed by atoms with van der Waals surface area (Å²) in [5.41, 5.74) is 3.28. The molecule has 34 heavy (non-hydrogen) atoms. The molecule has 2 aromatic rings. The van der Waals surface area contributed by atoms with Gasteiger partial charge in [0.2, 0.25) is 5.91 Å². The van der Waals surface area contributed by atoms with Crippen LogP contribution >= 0.6 is 0 Å². The van der Waals surface area contributed by atoms with Crippen LogP contribution in [-0.2, 0) is 14.3 Å². The molecule has 182 valence electrons. The zero-order chi connectivity index (χ0) is 25.0. The summed E-state index contributed by atoms with van der Waals surface area (Å²) in [6.07, 6.45) is -0.654. The van der Waals surface area contributed by atoms with Gasteiger partial charge in [0.1, 0.15) is 12.6 Å². The number of carbonyl (C=O) groups excluding carboxylic acids is 2. The predicted molar refractivity (Wildman–Crippen MR) is 127 cm³/mol. The lowest BCUT2D eigenvalue weighted by molar-refractivity contribution is -0.145. The van der Waals surface area contributed by atoms with Crippen LogP contribution < -0.4 is 10.6 Å². The van der Waals surface area contributed by atoms with E-state index in [1.165, 1.54) is 0 Å². The normalized spacial score (nSPS) is 14.6. The molecular weight excluding hydrogens is 436 g/mol. The van der Waals surface area contributed by atoms with Gasteiger partial charge in [0.15, 0.2) is 0 Å². The Morgan fingerprint density at radius 2 is 1.50 bits per heavy atom. The van der Waals surface area contributed by atoms with Crippen molar-refractivity contribution < 1.29 is 29.3 Å². The SMILES string of the molecule is CC(C)C(NC(=O)OCC1c2ccccc2-c2ccccc21)C(C)(C)C(=O)NC(CO)C(=O)O. The van der Waals surface area contributed by atoms with E-state index in [4.69, 9.17) is 9.84 Å². The molecular formula is C26H32N2O6. The van der Waals surface area contributed by atoms with Gasteiger partial charge in [-0.15, -0.1) is 0 Å². The molecule has 0 spiro atoms. The number of carbonyl (C=O) groups is 3. The highest BCUT2D eigenvalue weighted by Crippen LogP contribution is 2.44. The quantitative estimate of drug-likeness (QED) is 0.448. The van der Waals surface area contributed by atoms with Crippen molar-refractivity contribution in [3.63, 3.8) is 0 Å². The van der Waals surface area contributed by atoms with Crippen LogP contribution in [0.1, 0.15) is 44.7 Å².